The van der Waals surface area contributed by atoms with Crippen molar-refractivity contribution in [2.24, 2.45) is 0 Å². The molecule has 1 N–H and O–H groups in total. The summed E-state index contributed by atoms with van der Waals surface area (Å²) in [6.45, 7) is 5.88. The van der Waals surface area contributed by atoms with Gasteiger partial charge in [0.15, 0.2) is 5.75 Å². The van der Waals surface area contributed by atoms with E-state index in [4.69, 9.17) is 0 Å². The number of rotatable bonds is 0. The molecule has 0 fully saturated rings. The highest BCUT2D eigenvalue weighted by Crippen LogP contribution is 2.44. The zero-order chi connectivity index (χ0) is 11.3. The first kappa shape index (κ1) is 10.2. The van der Waals surface area contributed by atoms with Crippen LogP contribution in [0.4, 0.5) is 14.5 Å². The number of anilines is 1. The summed E-state index contributed by atoms with van der Waals surface area (Å²) in [6, 6.07) is 5.14. The molecule has 1 heterocycles. The maximum absolute atomic E-state index is 13.0. The lowest BCUT2D eigenvalue weighted by atomic mass is 9.86. The summed E-state index contributed by atoms with van der Waals surface area (Å²) < 4.78 is 30.6. The average Bonchev–Trinajstić information content (AvgIpc) is 2.35. The smallest absolute Gasteiger partial charge is 0.413 e. The highest BCUT2D eigenvalue weighted by molar-refractivity contribution is 5.65. The van der Waals surface area contributed by atoms with Crippen molar-refractivity contribution < 1.29 is 13.5 Å². The summed E-state index contributed by atoms with van der Waals surface area (Å²) in [4.78, 5) is 0. The van der Waals surface area contributed by atoms with E-state index < -0.39 is 6.23 Å². The van der Waals surface area contributed by atoms with E-state index in [0.29, 0.717) is 5.69 Å². The fraction of sp³-hybridized carbons (Fsp3) is 0.455. The number of hydrogen-bond donors (Lipinski definition) is 1. The van der Waals surface area contributed by atoms with Gasteiger partial charge in [-0.1, -0.05) is 32.9 Å². The summed E-state index contributed by atoms with van der Waals surface area (Å²) in [6.07, 6.45) is -3.29. The van der Waals surface area contributed by atoms with Gasteiger partial charge in [-0.15, -0.1) is 8.78 Å². The molecule has 0 unspecified atom stereocenters. The Morgan fingerprint density at radius 2 is 1.93 bits per heavy atom. The van der Waals surface area contributed by atoms with Crippen molar-refractivity contribution in [3.8, 4) is 5.75 Å². The number of nitrogens with one attached hydrogen (secondary N) is 1. The van der Waals surface area contributed by atoms with Gasteiger partial charge >= 0.3 is 6.23 Å². The molecule has 2 nitrogen and oxygen atoms in total. The van der Waals surface area contributed by atoms with Crippen LogP contribution in [0.25, 0.3) is 0 Å². The molecule has 1 aliphatic heterocycles. The van der Waals surface area contributed by atoms with Gasteiger partial charge < -0.3 is 4.74 Å². The highest BCUT2D eigenvalue weighted by Gasteiger charge is 2.41. The van der Waals surface area contributed by atoms with Crippen molar-refractivity contribution in [2.45, 2.75) is 32.4 Å². The van der Waals surface area contributed by atoms with Crippen molar-refractivity contribution in [1.29, 1.82) is 0 Å². The minimum Gasteiger partial charge on any atom is -0.413 e. The molecular formula is C11H13F2NO. The normalized spacial score (nSPS) is 17.9. The van der Waals surface area contributed by atoms with Crippen molar-refractivity contribution in [3.05, 3.63) is 23.8 Å². The lowest BCUT2D eigenvalue weighted by Gasteiger charge is -2.21. The van der Waals surface area contributed by atoms with Gasteiger partial charge in [0, 0.05) is 5.56 Å². The van der Waals surface area contributed by atoms with Crippen LogP contribution in [0.1, 0.15) is 26.3 Å². The van der Waals surface area contributed by atoms with Crippen molar-refractivity contribution in [2.75, 3.05) is 5.32 Å². The Balaban J connectivity index is 2.51. The summed E-state index contributed by atoms with van der Waals surface area (Å²) >= 11 is 0. The van der Waals surface area contributed by atoms with E-state index in [1.807, 2.05) is 32.2 Å². The number of fused-ring (bicyclic) bond motifs is 1. The lowest BCUT2D eigenvalue weighted by molar-refractivity contribution is -0.139. The standard InChI is InChI=1S/C11H13F2NO/c1-10(2,3)7-5-4-6-8-9(7)15-11(12,13)14-8/h4-6,14H,1-3H3. The second-order valence-corrected chi connectivity index (χ2v) is 4.68. The molecule has 0 atom stereocenters. The third kappa shape index (κ3) is 1.76. The molecule has 0 bridgehead atoms. The van der Waals surface area contributed by atoms with Crippen LogP contribution in [0.5, 0.6) is 5.75 Å². The molecule has 1 aliphatic rings. The van der Waals surface area contributed by atoms with Gasteiger partial charge in [-0.3, -0.25) is 5.32 Å². The van der Waals surface area contributed by atoms with Gasteiger partial charge in [-0.05, 0) is 11.5 Å². The maximum Gasteiger partial charge on any atom is 0.494 e. The van der Waals surface area contributed by atoms with Crippen LogP contribution in [0.15, 0.2) is 18.2 Å². The number of alkyl halides is 2. The molecule has 4 heteroatoms. The Labute approximate surface area is 87.2 Å². The zero-order valence-corrected chi connectivity index (χ0v) is 8.90. The highest BCUT2D eigenvalue weighted by atomic mass is 19.3. The van der Waals surface area contributed by atoms with Crippen LogP contribution in [-0.2, 0) is 5.41 Å². The minimum absolute atomic E-state index is 0.215. The molecule has 0 saturated heterocycles. The van der Waals surface area contributed by atoms with Crippen molar-refractivity contribution >= 4 is 5.69 Å². The van der Waals surface area contributed by atoms with Gasteiger partial charge in [-0.2, -0.15) is 0 Å². The Morgan fingerprint density at radius 3 is 2.53 bits per heavy atom. The van der Waals surface area contributed by atoms with E-state index in [9.17, 15) is 8.78 Å². The Kier molecular flexibility index (Phi) is 1.93. The molecule has 0 radical (unpaired) electrons. The SMILES string of the molecule is CC(C)(C)c1cccc2c1OC(F)(F)N2. The fourth-order valence-electron chi connectivity index (χ4n) is 1.65. The largest absolute Gasteiger partial charge is 0.494 e. The second kappa shape index (κ2) is 2.84. The summed E-state index contributed by atoms with van der Waals surface area (Å²) in [5, 5.41) is 2.03. The molecule has 0 spiro atoms. The van der Waals surface area contributed by atoms with Crippen LogP contribution < -0.4 is 10.1 Å². The Morgan fingerprint density at radius 1 is 1.27 bits per heavy atom. The summed E-state index contributed by atoms with van der Waals surface area (Å²) in [7, 11) is 0. The van der Waals surface area contributed by atoms with Crippen LogP contribution in [0.3, 0.4) is 0 Å². The molecule has 1 aromatic carbocycles. The van der Waals surface area contributed by atoms with Gasteiger partial charge in [-0.25, -0.2) is 0 Å². The molecule has 82 valence electrons. The monoisotopic (exact) mass is 213 g/mol. The summed E-state index contributed by atoms with van der Waals surface area (Å²) in [5.41, 5.74) is 0.921. The number of hydrogen-bond acceptors (Lipinski definition) is 2. The molecule has 2 rings (SSSR count). The van der Waals surface area contributed by atoms with E-state index in [1.165, 1.54) is 0 Å². The van der Waals surface area contributed by atoms with Crippen LogP contribution in [0.2, 0.25) is 0 Å². The zero-order valence-electron chi connectivity index (χ0n) is 8.90. The first-order valence-electron chi connectivity index (χ1n) is 4.78. The van der Waals surface area contributed by atoms with Crippen molar-refractivity contribution in [1.82, 2.24) is 0 Å². The second-order valence-electron chi connectivity index (χ2n) is 4.68. The summed E-state index contributed by atoms with van der Waals surface area (Å²) in [5.74, 6) is 0.259. The van der Waals surface area contributed by atoms with Crippen LogP contribution in [0, 0.1) is 0 Å². The predicted octanol–water partition coefficient (Wildman–Crippen LogP) is 3.34. The number of ether oxygens (including phenoxy) is 1. The molecule has 0 saturated carbocycles. The number of para-hydroxylation sites is 1. The van der Waals surface area contributed by atoms with Gasteiger partial charge in [0.05, 0.1) is 5.69 Å². The maximum atomic E-state index is 13.0. The third-order valence-corrected chi connectivity index (χ3v) is 2.33. The van der Waals surface area contributed by atoms with Crippen LogP contribution in [-0.4, -0.2) is 6.23 Å². The van der Waals surface area contributed by atoms with Crippen molar-refractivity contribution in [3.63, 3.8) is 0 Å². The lowest BCUT2D eigenvalue weighted by Crippen LogP contribution is -2.28. The first-order valence-corrected chi connectivity index (χ1v) is 4.78. The van der Waals surface area contributed by atoms with E-state index >= 15 is 0 Å². The van der Waals surface area contributed by atoms with E-state index in [0.717, 1.165) is 5.56 Å². The van der Waals surface area contributed by atoms with E-state index in [-0.39, 0.29) is 11.2 Å². The van der Waals surface area contributed by atoms with Gasteiger partial charge in [0.25, 0.3) is 0 Å². The molecule has 0 aliphatic carbocycles. The molecule has 15 heavy (non-hydrogen) atoms. The average molecular weight is 213 g/mol. The van der Waals surface area contributed by atoms with Crippen LogP contribution >= 0.6 is 0 Å². The third-order valence-electron chi connectivity index (χ3n) is 2.33. The number of halogens is 2. The molecule has 0 aromatic heterocycles. The topological polar surface area (TPSA) is 21.3 Å². The Hall–Kier alpha value is -1.32. The quantitative estimate of drug-likeness (QED) is 0.667. The fourth-order valence-corrected chi connectivity index (χ4v) is 1.65. The van der Waals surface area contributed by atoms with E-state index in [2.05, 4.69) is 4.74 Å². The minimum atomic E-state index is -3.29. The van der Waals surface area contributed by atoms with Gasteiger partial charge in [0.1, 0.15) is 0 Å². The van der Waals surface area contributed by atoms with E-state index in [1.54, 1.807) is 12.1 Å². The first-order chi connectivity index (χ1) is 6.80. The number of benzene rings is 1. The van der Waals surface area contributed by atoms with Gasteiger partial charge in [0.2, 0.25) is 0 Å². The molecule has 1 aromatic rings. The molecule has 0 amide bonds. The predicted molar refractivity (Wildman–Crippen MR) is 54.3 cm³/mol. The molecular weight excluding hydrogens is 200 g/mol. The Bertz CT molecular complexity index is 396.